The summed E-state index contributed by atoms with van der Waals surface area (Å²) in [6.07, 6.45) is 2.16. The molecule has 0 fully saturated rings. The highest BCUT2D eigenvalue weighted by atomic mass is 35.5. The predicted octanol–water partition coefficient (Wildman–Crippen LogP) is 0.957. The molecule has 18 heavy (non-hydrogen) atoms. The van der Waals surface area contributed by atoms with Crippen molar-refractivity contribution in [3.8, 4) is 0 Å². The number of aromatic nitrogens is 1. The Morgan fingerprint density at radius 1 is 1.67 bits per heavy atom. The zero-order valence-corrected chi connectivity index (χ0v) is 12.0. The molecule has 0 saturated carbocycles. The van der Waals surface area contributed by atoms with E-state index in [9.17, 15) is 4.79 Å². The fourth-order valence-corrected chi connectivity index (χ4v) is 2.22. The summed E-state index contributed by atoms with van der Waals surface area (Å²) >= 11 is 1.46. The molecule has 1 amide bonds. The molecule has 1 aromatic rings. The summed E-state index contributed by atoms with van der Waals surface area (Å²) in [5, 5.41) is 14.2. The SMILES string of the molecule is CC(CCCO)NC(=O)c1csc(CCN)n1.Cl. The Balaban J connectivity index is 0.00000289. The second-order valence-electron chi connectivity index (χ2n) is 3.91. The van der Waals surface area contributed by atoms with Gasteiger partial charge in [0.1, 0.15) is 5.69 Å². The summed E-state index contributed by atoms with van der Waals surface area (Å²) in [6.45, 7) is 2.61. The average molecular weight is 294 g/mol. The molecule has 0 spiro atoms. The second-order valence-corrected chi connectivity index (χ2v) is 4.85. The van der Waals surface area contributed by atoms with Gasteiger partial charge in [0.05, 0.1) is 5.01 Å². The molecule has 1 rings (SSSR count). The van der Waals surface area contributed by atoms with Crippen LogP contribution in [0.5, 0.6) is 0 Å². The van der Waals surface area contributed by atoms with Gasteiger partial charge >= 0.3 is 0 Å². The van der Waals surface area contributed by atoms with E-state index in [1.165, 1.54) is 11.3 Å². The van der Waals surface area contributed by atoms with Crippen LogP contribution in [0.1, 0.15) is 35.3 Å². The molecule has 0 aliphatic heterocycles. The fourth-order valence-electron chi connectivity index (χ4n) is 1.42. The molecule has 1 unspecified atom stereocenters. The lowest BCUT2D eigenvalue weighted by atomic mass is 10.2. The summed E-state index contributed by atoms with van der Waals surface area (Å²) in [4.78, 5) is 16.0. The Morgan fingerprint density at radius 2 is 2.39 bits per heavy atom. The maximum absolute atomic E-state index is 11.8. The van der Waals surface area contributed by atoms with Gasteiger partial charge < -0.3 is 16.2 Å². The third kappa shape index (κ3) is 5.77. The molecule has 1 aromatic heterocycles. The van der Waals surface area contributed by atoms with Crippen molar-refractivity contribution in [3.63, 3.8) is 0 Å². The maximum atomic E-state index is 11.8. The molecular weight excluding hydrogens is 274 g/mol. The zero-order valence-electron chi connectivity index (χ0n) is 10.4. The quantitative estimate of drug-likeness (QED) is 0.698. The van der Waals surface area contributed by atoms with Crippen LogP contribution in [0.25, 0.3) is 0 Å². The molecule has 5 nitrogen and oxygen atoms in total. The molecule has 0 bridgehead atoms. The fraction of sp³-hybridized carbons (Fsp3) is 0.636. The third-order valence-corrected chi connectivity index (χ3v) is 3.22. The largest absolute Gasteiger partial charge is 0.396 e. The Morgan fingerprint density at radius 3 is 3.00 bits per heavy atom. The summed E-state index contributed by atoms with van der Waals surface area (Å²) in [6, 6.07) is 0.0503. The van der Waals surface area contributed by atoms with Crippen molar-refractivity contribution in [2.24, 2.45) is 5.73 Å². The summed E-state index contributed by atoms with van der Waals surface area (Å²) in [5.74, 6) is -0.157. The summed E-state index contributed by atoms with van der Waals surface area (Å²) < 4.78 is 0. The van der Waals surface area contributed by atoms with Crippen molar-refractivity contribution < 1.29 is 9.90 Å². The van der Waals surface area contributed by atoms with Crippen LogP contribution in [-0.4, -0.2) is 35.2 Å². The standard InChI is InChI=1S/C11H19N3O2S.ClH/c1-8(3-2-6-15)13-11(16)9-7-17-10(14-9)4-5-12;/h7-8,15H,2-6,12H2,1H3,(H,13,16);1H. The number of hydrogen-bond donors (Lipinski definition) is 3. The van der Waals surface area contributed by atoms with E-state index in [0.717, 1.165) is 11.4 Å². The van der Waals surface area contributed by atoms with Crippen molar-refractivity contribution in [3.05, 3.63) is 16.1 Å². The average Bonchev–Trinajstić information content (AvgIpc) is 2.75. The first-order chi connectivity index (χ1) is 8.17. The van der Waals surface area contributed by atoms with Crippen LogP contribution in [0.15, 0.2) is 5.38 Å². The van der Waals surface area contributed by atoms with E-state index < -0.39 is 0 Å². The first kappa shape index (κ1) is 17.3. The van der Waals surface area contributed by atoms with E-state index in [1.54, 1.807) is 5.38 Å². The number of thiazole rings is 1. The number of nitrogens with two attached hydrogens (primary N) is 1. The molecule has 4 N–H and O–H groups in total. The van der Waals surface area contributed by atoms with Crippen molar-refractivity contribution in [2.75, 3.05) is 13.2 Å². The molecule has 1 atom stereocenters. The number of hydrogen-bond acceptors (Lipinski definition) is 5. The molecule has 7 heteroatoms. The molecule has 1 heterocycles. The number of nitrogens with one attached hydrogen (secondary N) is 1. The number of carbonyl (C=O) groups is 1. The number of aliphatic hydroxyl groups is 1. The lowest BCUT2D eigenvalue weighted by Crippen LogP contribution is -2.32. The van der Waals surface area contributed by atoms with E-state index in [4.69, 9.17) is 10.8 Å². The van der Waals surface area contributed by atoms with Crippen LogP contribution in [0.3, 0.4) is 0 Å². The van der Waals surface area contributed by atoms with Gasteiger partial charge in [0, 0.05) is 24.4 Å². The van der Waals surface area contributed by atoms with Gasteiger partial charge in [0.15, 0.2) is 0 Å². The second kappa shape index (κ2) is 9.27. The first-order valence-corrected chi connectivity index (χ1v) is 6.61. The number of carbonyl (C=O) groups excluding carboxylic acids is 1. The van der Waals surface area contributed by atoms with Crippen LogP contribution in [-0.2, 0) is 6.42 Å². The van der Waals surface area contributed by atoms with Crippen molar-refractivity contribution in [1.29, 1.82) is 0 Å². The molecular formula is C11H20ClN3O2S. The van der Waals surface area contributed by atoms with Crippen molar-refractivity contribution in [2.45, 2.75) is 32.2 Å². The van der Waals surface area contributed by atoms with Crippen LogP contribution >= 0.6 is 23.7 Å². The van der Waals surface area contributed by atoms with Gasteiger partial charge in [0.25, 0.3) is 5.91 Å². The highest BCUT2D eigenvalue weighted by Gasteiger charge is 2.12. The minimum Gasteiger partial charge on any atom is -0.396 e. The van der Waals surface area contributed by atoms with Crippen molar-refractivity contribution in [1.82, 2.24) is 10.3 Å². The van der Waals surface area contributed by atoms with Gasteiger partial charge in [-0.25, -0.2) is 4.98 Å². The van der Waals surface area contributed by atoms with E-state index in [2.05, 4.69) is 10.3 Å². The lowest BCUT2D eigenvalue weighted by Gasteiger charge is -2.11. The Labute approximate surface area is 117 Å². The maximum Gasteiger partial charge on any atom is 0.270 e. The van der Waals surface area contributed by atoms with Crippen LogP contribution in [0, 0.1) is 0 Å². The third-order valence-electron chi connectivity index (χ3n) is 2.32. The molecule has 0 aromatic carbocycles. The monoisotopic (exact) mass is 293 g/mol. The van der Waals surface area contributed by atoms with Crippen molar-refractivity contribution >= 4 is 29.7 Å². The Hall–Kier alpha value is -0.690. The molecule has 0 saturated heterocycles. The van der Waals surface area contributed by atoms with Gasteiger partial charge in [-0.2, -0.15) is 0 Å². The number of aliphatic hydroxyl groups excluding tert-OH is 1. The van der Waals surface area contributed by atoms with Crippen LogP contribution in [0.4, 0.5) is 0 Å². The van der Waals surface area contributed by atoms with Crippen LogP contribution in [0.2, 0.25) is 0 Å². The number of nitrogens with zero attached hydrogens (tertiary/aromatic N) is 1. The first-order valence-electron chi connectivity index (χ1n) is 5.73. The Bertz CT molecular complexity index is 360. The molecule has 104 valence electrons. The van der Waals surface area contributed by atoms with Gasteiger partial charge in [0.2, 0.25) is 0 Å². The highest BCUT2D eigenvalue weighted by molar-refractivity contribution is 7.09. The Kier molecular flexibility index (Phi) is 8.91. The van der Waals surface area contributed by atoms with E-state index in [-0.39, 0.29) is 31.0 Å². The van der Waals surface area contributed by atoms with Crippen LogP contribution < -0.4 is 11.1 Å². The van der Waals surface area contributed by atoms with Gasteiger partial charge in [-0.15, -0.1) is 23.7 Å². The zero-order chi connectivity index (χ0) is 12.7. The summed E-state index contributed by atoms with van der Waals surface area (Å²) in [5.41, 5.74) is 5.88. The van der Waals surface area contributed by atoms with E-state index in [0.29, 0.717) is 25.1 Å². The predicted molar refractivity (Wildman–Crippen MR) is 75.4 cm³/mol. The molecule has 0 radical (unpaired) electrons. The number of halogens is 1. The normalized spacial score (nSPS) is 11.7. The highest BCUT2D eigenvalue weighted by Crippen LogP contribution is 2.10. The minimum atomic E-state index is -0.157. The topological polar surface area (TPSA) is 88.2 Å². The van der Waals surface area contributed by atoms with Gasteiger partial charge in [-0.3, -0.25) is 4.79 Å². The van der Waals surface area contributed by atoms with Gasteiger partial charge in [-0.05, 0) is 26.3 Å². The number of rotatable bonds is 7. The van der Waals surface area contributed by atoms with E-state index >= 15 is 0 Å². The smallest absolute Gasteiger partial charge is 0.270 e. The van der Waals surface area contributed by atoms with Gasteiger partial charge in [-0.1, -0.05) is 0 Å². The minimum absolute atomic E-state index is 0. The molecule has 0 aliphatic carbocycles. The van der Waals surface area contributed by atoms with E-state index in [1.807, 2.05) is 6.92 Å². The lowest BCUT2D eigenvalue weighted by molar-refractivity contribution is 0.0932. The summed E-state index contributed by atoms with van der Waals surface area (Å²) in [7, 11) is 0. The molecule has 0 aliphatic rings. The number of amides is 1.